The number of urea groups is 1. The zero-order chi connectivity index (χ0) is 33.3. The molecule has 1 aliphatic heterocycles. The maximum Gasteiger partial charge on any atom is 0.337 e. The second-order valence-electron chi connectivity index (χ2n) is 10.6. The summed E-state index contributed by atoms with van der Waals surface area (Å²) in [7, 11) is 1.28. The summed E-state index contributed by atoms with van der Waals surface area (Å²) in [4.78, 5) is 24.6. The Labute approximate surface area is 286 Å². The lowest BCUT2D eigenvalue weighted by atomic mass is 9.95. The highest BCUT2D eigenvalue weighted by Crippen LogP contribution is 2.35. The maximum atomic E-state index is 12.5. The van der Waals surface area contributed by atoms with Gasteiger partial charge in [-0.3, -0.25) is 5.43 Å². The van der Waals surface area contributed by atoms with E-state index in [2.05, 4.69) is 74.1 Å². The van der Waals surface area contributed by atoms with Gasteiger partial charge in [0, 0.05) is 5.70 Å². The number of amides is 2. The number of hydrogen-bond donors (Lipinski definition) is 4. The largest absolute Gasteiger partial charge is 0.490 e. The highest BCUT2D eigenvalue weighted by Gasteiger charge is 2.32. The highest BCUT2D eigenvalue weighted by atomic mass is 127. The van der Waals surface area contributed by atoms with Gasteiger partial charge in [-0.2, -0.15) is 5.10 Å². The second-order valence-corrected chi connectivity index (χ2v) is 11.7. The van der Waals surface area contributed by atoms with E-state index in [-0.39, 0.29) is 12.2 Å². The number of aliphatic hydroxyl groups is 1. The van der Waals surface area contributed by atoms with Crippen molar-refractivity contribution in [1.82, 2.24) is 16.1 Å². The van der Waals surface area contributed by atoms with Crippen LogP contribution in [-0.2, 0) is 16.1 Å². The first-order chi connectivity index (χ1) is 22.7. The molecule has 0 aliphatic carbocycles. The summed E-state index contributed by atoms with van der Waals surface area (Å²) >= 11 is 2.22. The lowest BCUT2D eigenvalue weighted by Crippen LogP contribution is -2.45. The van der Waals surface area contributed by atoms with Gasteiger partial charge in [0.1, 0.15) is 19.0 Å². The molecule has 47 heavy (non-hydrogen) atoms. The van der Waals surface area contributed by atoms with Crippen LogP contribution in [0.25, 0.3) is 10.8 Å². The van der Waals surface area contributed by atoms with Crippen molar-refractivity contribution in [1.29, 1.82) is 0 Å². The van der Waals surface area contributed by atoms with Gasteiger partial charge in [-0.15, -0.1) is 0 Å². The van der Waals surface area contributed by atoms with E-state index in [0.29, 0.717) is 36.0 Å². The Kier molecular flexibility index (Phi) is 11.2. The monoisotopic (exact) mass is 750 g/mol. The molecule has 1 heterocycles. The van der Waals surface area contributed by atoms with Crippen molar-refractivity contribution in [2.24, 2.45) is 5.10 Å². The van der Waals surface area contributed by atoms with Crippen molar-refractivity contribution >= 4 is 51.6 Å². The van der Waals surface area contributed by atoms with Gasteiger partial charge in [-0.05, 0) is 100 Å². The molecule has 0 saturated heterocycles. The number of hydrogen-bond acceptors (Lipinski definition) is 9. The fraction of sp³-hybridized carbons (Fsp3) is 0.229. The molecule has 0 unspecified atom stereocenters. The third kappa shape index (κ3) is 8.51. The Morgan fingerprint density at radius 1 is 1.00 bits per heavy atom. The van der Waals surface area contributed by atoms with Crippen molar-refractivity contribution < 1.29 is 33.6 Å². The van der Waals surface area contributed by atoms with Crippen LogP contribution in [0, 0.1) is 3.57 Å². The molecule has 2 atom stereocenters. The average Bonchev–Trinajstić information content (AvgIpc) is 3.06. The van der Waals surface area contributed by atoms with Crippen LogP contribution in [-0.4, -0.2) is 49.9 Å². The Morgan fingerprint density at radius 2 is 1.79 bits per heavy atom. The number of ether oxygens (including phenoxy) is 4. The van der Waals surface area contributed by atoms with Gasteiger partial charge in [0.05, 0.1) is 35.1 Å². The predicted octanol–water partition coefficient (Wildman–Crippen LogP) is 5.54. The van der Waals surface area contributed by atoms with Gasteiger partial charge < -0.3 is 34.7 Å². The molecule has 12 heteroatoms. The number of fused-ring (bicyclic) bond motifs is 1. The zero-order valence-electron chi connectivity index (χ0n) is 26.1. The van der Waals surface area contributed by atoms with Crippen LogP contribution >= 0.6 is 22.6 Å². The number of nitrogens with one attached hydrogen (secondary N) is 3. The molecule has 0 spiro atoms. The summed E-state index contributed by atoms with van der Waals surface area (Å²) < 4.78 is 23.5. The minimum Gasteiger partial charge on any atom is -0.490 e. The number of methoxy groups -OCH3 is 1. The first-order valence-electron chi connectivity index (χ1n) is 14.9. The van der Waals surface area contributed by atoms with Crippen LogP contribution in [0.3, 0.4) is 0 Å². The molecule has 4 aromatic carbocycles. The molecular weight excluding hydrogens is 715 g/mol. The van der Waals surface area contributed by atoms with Gasteiger partial charge >= 0.3 is 12.0 Å². The Balaban J connectivity index is 1.16. The summed E-state index contributed by atoms with van der Waals surface area (Å²) in [5, 5.41) is 22.3. The van der Waals surface area contributed by atoms with Crippen LogP contribution in [0.4, 0.5) is 4.79 Å². The molecule has 0 fully saturated rings. The SMILES string of the molecule is CCOc1cc([C@@H]2NC(=O)NC(C)=C2C(=O)OC)ccc1OC[C@@H](O)N/N=C\c1ccc(OCc2ccc3ccccc3c2)c(I)c1. The van der Waals surface area contributed by atoms with E-state index in [1.54, 1.807) is 31.3 Å². The first kappa shape index (κ1) is 33.5. The number of allylic oxidation sites excluding steroid dienone is 1. The third-order valence-electron chi connectivity index (χ3n) is 7.27. The number of carbonyl (C=O) groups excluding carboxylic acids is 2. The number of benzene rings is 4. The fourth-order valence-corrected chi connectivity index (χ4v) is 5.72. The number of esters is 1. The Bertz CT molecular complexity index is 1830. The molecule has 1 aliphatic rings. The Hall–Kier alpha value is -4.82. The molecule has 5 rings (SSSR count). The minimum atomic E-state index is -1.12. The summed E-state index contributed by atoms with van der Waals surface area (Å²) in [6.45, 7) is 4.12. The van der Waals surface area contributed by atoms with Crippen LogP contribution in [0.5, 0.6) is 17.2 Å². The van der Waals surface area contributed by atoms with E-state index >= 15 is 0 Å². The number of hydrazone groups is 1. The van der Waals surface area contributed by atoms with Crippen molar-refractivity contribution in [2.45, 2.75) is 32.7 Å². The number of rotatable bonds is 13. The lowest BCUT2D eigenvalue weighted by Gasteiger charge is -2.28. The lowest BCUT2D eigenvalue weighted by molar-refractivity contribution is -0.136. The Morgan fingerprint density at radius 3 is 2.55 bits per heavy atom. The molecule has 11 nitrogen and oxygen atoms in total. The van der Waals surface area contributed by atoms with Crippen molar-refractivity contribution in [3.05, 3.63) is 110 Å². The van der Waals surface area contributed by atoms with E-state index in [4.69, 9.17) is 18.9 Å². The summed E-state index contributed by atoms with van der Waals surface area (Å²) in [5.41, 5.74) is 5.84. The average molecular weight is 751 g/mol. The van der Waals surface area contributed by atoms with Gasteiger partial charge in [0.15, 0.2) is 17.7 Å². The van der Waals surface area contributed by atoms with E-state index in [9.17, 15) is 14.7 Å². The standard InChI is InChI=1S/C35H35IN4O7/c1-4-45-30-17-26(33-32(34(42)44-3)21(2)38-35(43)39-33)12-14-29(30)47-20-31(41)40-37-18-22-10-13-28(27(36)16-22)46-19-23-9-11-24-7-5-6-8-25(24)15-23/h5-18,31,33,40-41H,4,19-20H2,1-3H3,(H2,38,39,43)/b37-18-/t31-,33+/m1/s1. The molecule has 0 radical (unpaired) electrons. The minimum absolute atomic E-state index is 0.133. The van der Waals surface area contributed by atoms with Crippen molar-refractivity contribution in [2.75, 3.05) is 20.3 Å². The van der Waals surface area contributed by atoms with Crippen LogP contribution in [0.15, 0.2) is 95.2 Å². The van der Waals surface area contributed by atoms with Gasteiger partial charge in [0.2, 0.25) is 0 Å². The smallest absolute Gasteiger partial charge is 0.337 e. The predicted molar refractivity (Wildman–Crippen MR) is 186 cm³/mol. The zero-order valence-corrected chi connectivity index (χ0v) is 28.2. The molecule has 0 aromatic heterocycles. The highest BCUT2D eigenvalue weighted by molar-refractivity contribution is 14.1. The molecule has 4 N–H and O–H groups in total. The van der Waals surface area contributed by atoms with Crippen molar-refractivity contribution in [3.8, 4) is 17.2 Å². The van der Waals surface area contributed by atoms with Gasteiger partial charge in [0.25, 0.3) is 0 Å². The maximum absolute atomic E-state index is 12.5. The fourth-order valence-electron chi connectivity index (χ4n) is 5.02. The van der Waals surface area contributed by atoms with Gasteiger partial charge in [-0.25, -0.2) is 9.59 Å². The van der Waals surface area contributed by atoms with E-state index in [0.717, 1.165) is 20.4 Å². The van der Waals surface area contributed by atoms with Crippen LogP contribution in [0.1, 0.15) is 36.6 Å². The van der Waals surface area contributed by atoms with Crippen LogP contribution in [0.2, 0.25) is 0 Å². The van der Waals surface area contributed by atoms with Crippen LogP contribution < -0.4 is 30.3 Å². The quantitative estimate of drug-likeness (QED) is 0.0460. The van der Waals surface area contributed by atoms with E-state index in [1.807, 2.05) is 37.3 Å². The van der Waals surface area contributed by atoms with Gasteiger partial charge in [-0.1, -0.05) is 42.5 Å². The summed E-state index contributed by atoms with van der Waals surface area (Å²) in [6, 6.07) is 24.1. The molecular formula is C35H35IN4O7. The number of carbonyl (C=O) groups is 2. The topological polar surface area (TPSA) is 140 Å². The second kappa shape index (κ2) is 15.6. The molecule has 0 saturated carbocycles. The summed E-state index contributed by atoms with van der Waals surface area (Å²) in [6.07, 6.45) is 0.477. The number of halogens is 1. The molecule has 2 amide bonds. The number of nitrogens with zero attached hydrogens (tertiary/aromatic N) is 1. The first-order valence-corrected chi connectivity index (χ1v) is 16.0. The van der Waals surface area contributed by atoms with Crippen molar-refractivity contribution in [3.63, 3.8) is 0 Å². The molecule has 244 valence electrons. The van der Waals surface area contributed by atoms with E-state index < -0.39 is 24.3 Å². The molecule has 0 bridgehead atoms. The third-order valence-corrected chi connectivity index (χ3v) is 8.12. The molecule has 4 aromatic rings. The van der Waals surface area contributed by atoms with E-state index in [1.165, 1.54) is 17.9 Å². The summed E-state index contributed by atoms with van der Waals surface area (Å²) in [5.74, 6) is 0.954. The number of aliphatic hydroxyl groups excluding tert-OH is 1. The normalized spacial score (nSPS) is 15.2.